The molecule has 5 rings (SSSR count). The number of thioether (sulfide) groups is 1. The smallest absolute Gasteiger partial charge is 0.284 e. The van der Waals surface area contributed by atoms with E-state index in [4.69, 9.17) is 9.72 Å². The summed E-state index contributed by atoms with van der Waals surface area (Å²) in [6.45, 7) is 2.82. The molecule has 8 heteroatoms. The first-order chi connectivity index (χ1) is 16.6. The number of aromatic nitrogens is 4. The lowest BCUT2D eigenvalue weighted by Gasteiger charge is -2.17. The van der Waals surface area contributed by atoms with E-state index < -0.39 is 0 Å². The minimum Gasteiger partial charge on any atom is -0.492 e. The van der Waals surface area contributed by atoms with E-state index in [1.54, 1.807) is 24.8 Å². The van der Waals surface area contributed by atoms with Gasteiger partial charge in [0.05, 0.1) is 17.9 Å². The molecule has 0 aromatic heterocycles. The van der Waals surface area contributed by atoms with E-state index in [1.807, 2.05) is 48.5 Å². The van der Waals surface area contributed by atoms with Gasteiger partial charge >= 0.3 is 0 Å². The van der Waals surface area contributed by atoms with Crippen LogP contribution in [0.5, 0.6) is 5.75 Å². The van der Waals surface area contributed by atoms with Gasteiger partial charge in [0.1, 0.15) is 11.3 Å². The van der Waals surface area contributed by atoms with Crippen LogP contribution in [-0.2, 0) is 13.0 Å². The van der Waals surface area contributed by atoms with Crippen molar-refractivity contribution in [1.29, 1.82) is 0 Å². The number of benzene rings is 2. The van der Waals surface area contributed by atoms with Crippen LogP contribution in [0.4, 0.5) is 0 Å². The Morgan fingerprint density at radius 1 is 1.06 bits per heavy atom. The molecule has 0 unspecified atom stereocenters. The summed E-state index contributed by atoms with van der Waals surface area (Å²) in [5.74, 6) is 1.74. The molecule has 174 valence electrons. The Labute approximate surface area is 202 Å². The molecule has 0 radical (unpaired) electrons. The molecule has 0 fully saturated rings. The number of ether oxygens (including phenoxy) is 1. The van der Waals surface area contributed by atoms with E-state index in [0.29, 0.717) is 35.1 Å². The molecule has 2 aromatic carbocycles. The zero-order valence-corrected chi connectivity index (χ0v) is 19.9. The number of Topliss-reactive ketones (excluding diaryl/α,β-unsaturated/α-hetero) is 1. The van der Waals surface area contributed by atoms with E-state index in [1.165, 1.54) is 4.68 Å². The minimum absolute atomic E-state index is 0.0151. The molecule has 7 nitrogen and oxygen atoms in total. The third kappa shape index (κ3) is 4.37. The van der Waals surface area contributed by atoms with Crippen molar-refractivity contribution in [3.63, 3.8) is 0 Å². The van der Waals surface area contributed by atoms with Gasteiger partial charge in [-0.25, -0.2) is 4.98 Å². The van der Waals surface area contributed by atoms with Crippen molar-refractivity contribution in [3.8, 4) is 22.8 Å². The first-order valence-corrected chi connectivity index (χ1v) is 12.6. The summed E-state index contributed by atoms with van der Waals surface area (Å²) in [5, 5.41) is 5.44. The lowest BCUT2D eigenvalue weighted by atomic mass is 10.1. The maximum atomic E-state index is 13.3. The largest absolute Gasteiger partial charge is 0.492 e. The first kappa shape index (κ1) is 22.4. The van der Waals surface area contributed by atoms with Gasteiger partial charge in [-0.15, -0.1) is 5.10 Å². The Kier molecular flexibility index (Phi) is 6.49. The molecule has 0 aliphatic carbocycles. The lowest BCUT2D eigenvalue weighted by molar-refractivity contribution is 0.101. The quantitative estimate of drug-likeness (QED) is 0.168. The second-order valence-corrected chi connectivity index (χ2v) is 9.37. The van der Waals surface area contributed by atoms with Crippen LogP contribution in [0.15, 0.2) is 64.5 Å². The molecule has 34 heavy (non-hydrogen) atoms. The summed E-state index contributed by atoms with van der Waals surface area (Å²) in [6.07, 6.45) is 4.07. The predicted octanol–water partition coefficient (Wildman–Crippen LogP) is 4.63. The van der Waals surface area contributed by atoms with E-state index in [9.17, 15) is 9.59 Å². The number of fused-ring (bicyclic) bond motifs is 3. The van der Waals surface area contributed by atoms with Crippen molar-refractivity contribution < 1.29 is 9.53 Å². The fourth-order valence-electron chi connectivity index (χ4n) is 4.38. The molecule has 3 heterocycles. The van der Waals surface area contributed by atoms with Crippen LogP contribution in [0.2, 0.25) is 0 Å². The molecule has 3 aliphatic rings. The molecule has 0 atom stereocenters. The van der Waals surface area contributed by atoms with Gasteiger partial charge in [-0.3, -0.25) is 9.59 Å². The third-order valence-electron chi connectivity index (χ3n) is 6.01. The van der Waals surface area contributed by atoms with Gasteiger partial charge in [-0.05, 0) is 50.5 Å². The van der Waals surface area contributed by atoms with E-state index in [0.717, 1.165) is 48.8 Å². The number of para-hydroxylation sites is 2. The molecule has 0 N–H and O–H groups in total. The average molecular weight is 475 g/mol. The summed E-state index contributed by atoms with van der Waals surface area (Å²) in [7, 11) is 0. The van der Waals surface area contributed by atoms with Crippen LogP contribution in [0.3, 0.4) is 0 Å². The van der Waals surface area contributed by atoms with Crippen LogP contribution in [0.25, 0.3) is 17.1 Å². The van der Waals surface area contributed by atoms with Gasteiger partial charge in [0.25, 0.3) is 5.56 Å². The lowest BCUT2D eigenvalue weighted by Crippen LogP contribution is -2.19. The molecular weight excluding hydrogens is 448 g/mol. The van der Waals surface area contributed by atoms with Crippen LogP contribution in [-0.4, -0.2) is 37.5 Å². The van der Waals surface area contributed by atoms with Gasteiger partial charge in [0, 0.05) is 18.0 Å². The second kappa shape index (κ2) is 9.85. The van der Waals surface area contributed by atoms with E-state index >= 15 is 0 Å². The molecule has 2 aromatic rings. The molecule has 0 saturated carbocycles. The maximum absolute atomic E-state index is 13.3. The fourth-order valence-corrected chi connectivity index (χ4v) is 5.23. The zero-order valence-electron chi connectivity index (χ0n) is 19.1. The third-order valence-corrected chi connectivity index (χ3v) is 6.95. The Morgan fingerprint density at radius 3 is 2.68 bits per heavy atom. The SMILES string of the molecule is CC(=O)c1ccccc1OCCSc1nc2nn(-c3ccccc3)c(=O)c-2c2n1CCCCC2. The zero-order chi connectivity index (χ0) is 23.5. The number of carbonyl (C=O) groups is 1. The van der Waals surface area contributed by atoms with Crippen molar-refractivity contribution in [3.05, 3.63) is 76.2 Å². The van der Waals surface area contributed by atoms with Crippen LogP contribution in [0, 0.1) is 0 Å². The Morgan fingerprint density at radius 2 is 1.85 bits per heavy atom. The number of hydrogen-bond donors (Lipinski definition) is 0. The number of carbonyl (C=O) groups excluding carboxylic acids is 1. The second-order valence-electron chi connectivity index (χ2n) is 8.30. The standard InChI is InChI=1S/C26H26N4O3S/c1-18(31)20-12-7-8-14-22(20)33-16-17-34-26-27-24-23(21-13-6-3-9-15-29(21)26)25(32)30(28-24)19-10-4-2-5-11-19/h2,4-5,7-8,10-12,14H,3,6,9,13,15-17H2,1H3. The summed E-state index contributed by atoms with van der Waals surface area (Å²) in [4.78, 5) is 30.0. The molecular formula is C26H26N4O3S. The van der Waals surface area contributed by atoms with Crippen LogP contribution >= 0.6 is 11.8 Å². The normalized spacial score (nSPS) is 13.4. The molecule has 0 spiro atoms. The van der Waals surface area contributed by atoms with Gasteiger partial charge in [-0.1, -0.05) is 48.5 Å². The van der Waals surface area contributed by atoms with Crippen molar-refractivity contribution in [2.45, 2.75) is 44.3 Å². The van der Waals surface area contributed by atoms with E-state index in [-0.39, 0.29) is 11.3 Å². The first-order valence-electron chi connectivity index (χ1n) is 11.6. The van der Waals surface area contributed by atoms with Gasteiger partial charge < -0.3 is 9.30 Å². The minimum atomic E-state index is -0.111. The highest BCUT2D eigenvalue weighted by molar-refractivity contribution is 7.99. The van der Waals surface area contributed by atoms with Gasteiger partial charge in [0.2, 0.25) is 0 Å². The molecule has 0 saturated heterocycles. The topological polar surface area (TPSA) is 79.0 Å². The van der Waals surface area contributed by atoms with Gasteiger partial charge in [0.15, 0.2) is 16.8 Å². The van der Waals surface area contributed by atoms with Crippen molar-refractivity contribution >= 4 is 17.5 Å². The van der Waals surface area contributed by atoms with Crippen molar-refractivity contribution in [2.75, 3.05) is 12.4 Å². The van der Waals surface area contributed by atoms with Gasteiger partial charge in [-0.2, -0.15) is 4.68 Å². The molecule has 3 aliphatic heterocycles. The van der Waals surface area contributed by atoms with Crippen LogP contribution < -0.4 is 10.3 Å². The molecule has 0 bridgehead atoms. The number of rotatable bonds is 7. The Hall–Kier alpha value is -3.39. The fraction of sp³-hybridized carbons (Fsp3) is 0.308. The maximum Gasteiger partial charge on any atom is 0.284 e. The number of nitrogens with zero attached hydrogens (tertiary/aromatic N) is 4. The average Bonchev–Trinajstić information content (AvgIpc) is 3.02. The number of ketones is 1. The summed E-state index contributed by atoms with van der Waals surface area (Å²) >= 11 is 1.59. The molecule has 0 amide bonds. The highest BCUT2D eigenvalue weighted by Gasteiger charge is 2.27. The van der Waals surface area contributed by atoms with Crippen molar-refractivity contribution in [1.82, 2.24) is 19.3 Å². The van der Waals surface area contributed by atoms with Crippen LogP contribution in [0.1, 0.15) is 42.2 Å². The monoisotopic (exact) mass is 474 g/mol. The van der Waals surface area contributed by atoms with Crippen molar-refractivity contribution in [2.24, 2.45) is 0 Å². The summed E-state index contributed by atoms with van der Waals surface area (Å²) in [6, 6.07) is 16.8. The Bertz CT molecular complexity index is 1350. The summed E-state index contributed by atoms with van der Waals surface area (Å²) in [5.41, 5.74) is 2.87. The number of hydrogen-bond acceptors (Lipinski definition) is 6. The summed E-state index contributed by atoms with van der Waals surface area (Å²) < 4.78 is 9.56. The van der Waals surface area contributed by atoms with E-state index in [2.05, 4.69) is 9.67 Å². The predicted molar refractivity (Wildman–Crippen MR) is 132 cm³/mol. The Balaban J connectivity index is 1.43. The highest BCUT2D eigenvalue weighted by atomic mass is 32.2. The highest BCUT2D eigenvalue weighted by Crippen LogP contribution is 2.30.